The second-order valence-corrected chi connectivity index (χ2v) is 5.82. The molecule has 2 N–H and O–H groups in total. The van der Waals surface area contributed by atoms with Crippen LogP contribution in [0.5, 0.6) is 0 Å². The van der Waals surface area contributed by atoms with Crippen LogP contribution >= 0.6 is 0 Å². The highest BCUT2D eigenvalue weighted by Gasteiger charge is 2.64. The summed E-state index contributed by atoms with van der Waals surface area (Å²) in [6, 6.07) is 3.47. The zero-order valence-corrected chi connectivity index (χ0v) is 11.5. The predicted molar refractivity (Wildman–Crippen MR) is 71.1 cm³/mol. The smallest absolute Gasteiger partial charge is 0.340 e. The molecule has 2 heterocycles. The zero-order valence-electron chi connectivity index (χ0n) is 11.5. The van der Waals surface area contributed by atoms with Crippen LogP contribution in [0.2, 0.25) is 0 Å². The Kier molecular flexibility index (Phi) is 3.47. The van der Waals surface area contributed by atoms with Gasteiger partial charge in [-0.1, -0.05) is 0 Å². The van der Waals surface area contributed by atoms with Crippen molar-refractivity contribution < 1.29 is 18.0 Å². The van der Waals surface area contributed by atoms with Gasteiger partial charge in [-0.25, -0.2) is 0 Å². The lowest BCUT2D eigenvalue weighted by molar-refractivity contribution is -0.163. The van der Waals surface area contributed by atoms with Crippen LogP contribution in [0.1, 0.15) is 42.2 Å². The zero-order chi connectivity index (χ0) is 15.1. The van der Waals surface area contributed by atoms with Gasteiger partial charge in [0.15, 0.2) is 0 Å². The molecule has 21 heavy (non-hydrogen) atoms. The molecule has 7 heteroatoms. The summed E-state index contributed by atoms with van der Waals surface area (Å²) in [7, 11) is 0. The number of aromatic nitrogens is 1. The Labute approximate surface area is 120 Å². The summed E-state index contributed by atoms with van der Waals surface area (Å²) in [5, 5.41) is 5.42. The van der Waals surface area contributed by atoms with E-state index in [4.69, 9.17) is 0 Å². The first-order valence-electron chi connectivity index (χ1n) is 7.20. The standard InChI is InChI=1S/C14H18F3N3O/c15-14(16,17)13(5-6-13)19-12(21)11-2-1-9-20(11)10-3-7-18-8-4-10/h1-2,9-10,18H,3-8H2,(H,19,21). The van der Waals surface area contributed by atoms with E-state index in [1.165, 1.54) is 0 Å². The summed E-state index contributed by atoms with van der Waals surface area (Å²) >= 11 is 0. The van der Waals surface area contributed by atoms with Gasteiger partial charge < -0.3 is 15.2 Å². The molecule has 1 aliphatic heterocycles. The molecule has 2 aliphatic rings. The van der Waals surface area contributed by atoms with E-state index in [1.807, 2.05) is 4.57 Å². The number of carbonyl (C=O) groups excluding carboxylic acids is 1. The molecular formula is C14H18F3N3O. The van der Waals surface area contributed by atoms with E-state index < -0.39 is 17.6 Å². The molecule has 1 aromatic rings. The van der Waals surface area contributed by atoms with Gasteiger partial charge in [0.05, 0.1) is 0 Å². The van der Waals surface area contributed by atoms with Crippen molar-refractivity contribution in [2.24, 2.45) is 0 Å². The third kappa shape index (κ3) is 2.66. The summed E-state index contributed by atoms with van der Waals surface area (Å²) in [5.74, 6) is -0.631. The summed E-state index contributed by atoms with van der Waals surface area (Å²) in [6.45, 7) is 1.72. The van der Waals surface area contributed by atoms with E-state index in [0.717, 1.165) is 25.9 Å². The Bertz CT molecular complexity index is 528. The van der Waals surface area contributed by atoms with Crippen molar-refractivity contribution in [2.75, 3.05) is 13.1 Å². The minimum Gasteiger partial charge on any atom is -0.340 e. The van der Waals surface area contributed by atoms with Crippen LogP contribution in [0.15, 0.2) is 18.3 Å². The summed E-state index contributed by atoms with van der Waals surface area (Å²) < 4.78 is 40.6. The largest absolute Gasteiger partial charge is 0.411 e. The minimum absolute atomic E-state index is 0.0315. The van der Waals surface area contributed by atoms with Crippen molar-refractivity contribution in [3.8, 4) is 0 Å². The second-order valence-electron chi connectivity index (χ2n) is 5.82. The summed E-state index contributed by atoms with van der Waals surface area (Å²) in [4.78, 5) is 12.2. The molecule has 0 bridgehead atoms. The molecule has 0 unspecified atom stereocenters. The normalized spacial score (nSPS) is 22.0. The molecule has 0 aromatic carbocycles. The minimum atomic E-state index is -4.38. The highest BCUT2D eigenvalue weighted by Crippen LogP contribution is 2.49. The van der Waals surface area contributed by atoms with E-state index in [-0.39, 0.29) is 18.9 Å². The van der Waals surface area contributed by atoms with Gasteiger partial charge in [-0.05, 0) is 50.9 Å². The van der Waals surface area contributed by atoms with Crippen LogP contribution in [-0.4, -0.2) is 35.3 Å². The summed E-state index contributed by atoms with van der Waals surface area (Å²) in [5.41, 5.74) is -1.69. The van der Waals surface area contributed by atoms with E-state index in [9.17, 15) is 18.0 Å². The highest BCUT2D eigenvalue weighted by molar-refractivity contribution is 5.93. The molecule has 1 aliphatic carbocycles. The average Bonchev–Trinajstić information content (AvgIpc) is 3.07. The molecule has 4 nitrogen and oxygen atoms in total. The van der Waals surface area contributed by atoms with Crippen molar-refractivity contribution in [2.45, 2.75) is 43.4 Å². The van der Waals surface area contributed by atoms with Crippen LogP contribution in [0.25, 0.3) is 0 Å². The van der Waals surface area contributed by atoms with Crippen molar-refractivity contribution >= 4 is 5.91 Å². The first-order valence-corrected chi connectivity index (χ1v) is 7.20. The van der Waals surface area contributed by atoms with Crippen LogP contribution in [-0.2, 0) is 0 Å². The number of piperidine rings is 1. The lowest BCUT2D eigenvalue weighted by Crippen LogP contribution is -2.48. The van der Waals surface area contributed by atoms with Crippen molar-refractivity contribution in [1.82, 2.24) is 15.2 Å². The molecule has 0 spiro atoms. The van der Waals surface area contributed by atoms with E-state index >= 15 is 0 Å². The molecule has 1 aromatic heterocycles. The molecular weight excluding hydrogens is 283 g/mol. The van der Waals surface area contributed by atoms with Crippen LogP contribution in [0.4, 0.5) is 13.2 Å². The van der Waals surface area contributed by atoms with E-state index in [0.29, 0.717) is 5.69 Å². The topological polar surface area (TPSA) is 46.1 Å². The molecule has 2 fully saturated rings. The Hall–Kier alpha value is -1.50. The fraction of sp³-hybridized carbons (Fsp3) is 0.643. The number of alkyl halides is 3. The number of hydrogen-bond donors (Lipinski definition) is 2. The maximum absolute atomic E-state index is 12.9. The Morgan fingerprint density at radius 3 is 2.57 bits per heavy atom. The Morgan fingerprint density at radius 1 is 1.33 bits per heavy atom. The van der Waals surface area contributed by atoms with Crippen molar-refractivity contribution in [1.29, 1.82) is 0 Å². The molecule has 116 valence electrons. The van der Waals surface area contributed by atoms with Crippen LogP contribution < -0.4 is 10.6 Å². The van der Waals surface area contributed by atoms with E-state index in [1.54, 1.807) is 18.3 Å². The number of rotatable bonds is 3. The lowest BCUT2D eigenvalue weighted by Gasteiger charge is -2.27. The third-order valence-electron chi connectivity index (χ3n) is 4.36. The lowest BCUT2D eigenvalue weighted by atomic mass is 10.1. The Balaban J connectivity index is 1.75. The fourth-order valence-electron chi connectivity index (χ4n) is 2.88. The average molecular weight is 301 g/mol. The second kappa shape index (κ2) is 5.05. The first-order chi connectivity index (χ1) is 9.93. The van der Waals surface area contributed by atoms with Gasteiger partial charge in [-0.2, -0.15) is 13.2 Å². The maximum Gasteiger partial charge on any atom is 0.411 e. The number of carbonyl (C=O) groups is 1. The Morgan fingerprint density at radius 2 is 2.00 bits per heavy atom. The molecule has 3 rings (SSSR count). The van der Waals surface area contributed by atoms with Gasteiger partial charge in [-0.15, -0.1) is 0 Å². The maximum atomic E-state index is 12.9. The molecule has 1 saturated carbocycles. The number of hydrogen-bond acceptors (Lipinski definition) is 2. The summed E-state index contributed by atoms with van der Waals surface area (Å²) in [6.07, 6.45) is -0.918. The first kappa shape index (κ1) is 14.4. The number of amides is 1. The molecule has 0 radical (unpaired) electrons. The van der Waals surface area contributed by atoms with Gasteiger partial charge >= 0.3 is 6.18 Å². The third-order valence-corrected chi connectivity index (χ3v) is 4.36. The van der Waals surface area contributed by atoms with Crippen LogP contribution in [0, 0.1) is 0 Å². The fourth-order valence-corrected chi connectivity index (χ4v) is 2.88. The number of nitrogens with one attached hydrogen (secondary N) is 2. The van der Waals surface area contributed by atoms with Crippen molar-refractivity contribution in [3.63, 3.8) is 0 Å². The molecule has 1 saturated heterocycles. The van der Waals surface area contributed by atoms with E-state index in [2.05, 4.69) is 10.6 Å². The van der Waals surface area contributed by atoms with Gasteiger partial charge in [0.1, 0.15) is 11.2 Å². The van der Waals surface area contributed by atoms with Gasteiger partial charge in [-0.3, -0.25) is 4.79 Å². The molecule has 0 atom stereocenters. The number of nitrogens with zero attached hydrogens (tertiary/aromatic N) is 1. The van der Waals surface area contributed by atoms with Gasteiger partial charge in [0.2, 0.25) is 0 Å². The quantitative estimate of drug-likeness (QED) is 0.899. The van der Waals surface area contributed by atoms with Gasteiger partial charge in [0.25, 0.3) is 5.91 Å². The predicted octanol–water partition coefficient (Wildman–Crippen LogP) is 2.24. The van der Waals surface area contributed by atoms with Crippen molar-refractivity contribution in [3.05, 3.63) is 24.0 Å². The van der Waals surface area contributed by atoms with Gasteiger partial charge in [0, 0.05) is 12.2 Å². The molecule has 1 amide bonds. The highest BCUT2D eigenvalue weighted by atomic mass is 19.4. The number of halogens is 3. The SMILES string of the molecule is O=C(NC1(C(F)(F)F)CC1)c1cccn1C1CCNCC1. The monoisotopic (exact) mass is 301 g/mol. The van der Waals surface area contributed by atoms with Crippen LogP contribution in [0.3, 0.4) is 0 Å².